The van der Waals surface area contributed by atoms with Crippen LogP contribution in [0.15, 0.2) is 71.6 Å². The van der Waals surface area contributed by atoms with Crippen LogP contribution in [0.3, 0.4) is 0 Å². The number of rotatable bonds is 4. The maximum Gasteiger partial charge on any atom is 0.174 e. The number of aromatic nitrogens is 2. The summed E-state index contributed by atoms with van der Waals surface area (Å²) < 4.78 is 3.48. The Morgan fingerprint density at radius 1 is 1.00 bits per heavy atom. The number of nitrogens with one attached hydrogen (secondary N) is 1. The molecule has 3 aromatic rings. The second kappa shape index (κ2) is 8.52. The Kier molecular flexibility index (Phi) is 5.61. The summed E-state index contributed by atoms with van der Waals surface area (Å²) in [5, 5.41) is 4.28. The van der Waals surface area contributed by atoms with Crippen LogP contribution in [0.4, 0.5) is 5.69 Å². The molecule has 6 heteroatoms. The van der Waals surface area contributed by atoms with Gasteiger partial charge in [-0.25, -0.2) is 0 Å². The number of benzene rings is 1. The zero-order chi connectivity index (χ0) is 20.5. The molecule has 1 aromatic carbocycles. The van der Waals surface area contributed by atoms with Gasteiger partial charge in [-0.3, -0.25) is 4.98 Å². The van der Waals surface area contributed by atoms with Gasteiger partial charge < -0.3 is 14.8 Å². The maximum atomic E-state index is 5.81. The molecular formula is C24H25BrN4S. The fourth-order valence-corrected chi connectivity index (χ4v) is 5.40. The summed E-state index contributed by atoms with van der Waals surface area (Å²) in [7, 11) is 0. The van der Waals surface area contributed by atoms with E-state index >= 15 is 0 Å². The third kappa shape index (κ3) is 3.79. The van der Waals surface area contributed by atoms with Gasteiger partial charge in [0.05, 0.1) is 17.8 Å². The highest BCUT2D eigenvalue weighted by molar-refractivity contribution is 9.10. The fraction of sp³-hybridized carbons (Fsp3) is 0.333. The molecular weight excluding hydrogens is 456 g/mol. The third-order valence-corrected chi connectivity index (χ3v) is 7.12. The molecule has 4 nitrogen and oxygen atoms in total. The van der Waals surface area contributed by atoms with E-state index in [0.29, 0.717) is 6.04 Å². The lowest BCUT2D eigenvalue weighted by Crippen LogP contribution is -2.29. The van der Waals surface area contributed by atoms with Crippen molar-refractivity contribution in [2.45, 2.75) is 50.2 Å². The van der Waals surface area contributed by atoms with Gasteiger partial charge in [0.15, 0.2) is 5.11 Å². The minimum absolute atomic E-state index is 0.00422. The Balaban J connectivity index is 1.54. The first-order valence-corrected chi connectivity index (χ1v) is 11.8. The molecule has 2 fully saturated rings. The van der Waals surface area contributed by atoms with Crippen LogP contribution in [0, 0.1) is 0 Å². The molecule has 30 heavy (non-hydrogen) atoms. The molecule has 1 aliphatic heterocycles. The van der Waals surface area contributed by atoms with Crippen LogP contribution in [-0.2, 0) is 0 Å². The normalized spacial score (nSPS) is 22.3. The summed E-state index contributed by atoms with van der Waals surface area (Å²) >= 11 is 9.35. The number of pyridine rings is 1. The molecule has 2 atom stereocenters. The van der Waals surface area contributed by atoms with Gasteiger partial charge in [0.2, 0.25) is 0 Å². The molecule has 1 aliphatic carbocycles. The lowest BCUT2D eigenvalue weighted by molar-refractivity contribution is 0.353. The lowest BCUT2D eigenvalue weighted by Gasteiger charge is -2.28. The monoisotopic (exact) mass is 480 g/mol. The molecule has 5 rings (SSSR count). The second-order valence-electron chi connectivity index (χ2n) is 8.16. The Hall–Kier alpha value is -2.18. The molecule has 0 unspecified atom stereocenters. The Morgan fingerprint density at radius 3 is 2.53 bits per heavy atom. The van der Waals surface area contributed by atoms with Crippen molar-refractivity contribution in [1.29, 1.82) is 0 Å². The number of anilines is 1. The zero-order valence-corrected chi connectivity index (χ0v) is 19.1. The molecule has 1 saturated carbocycles. The number of hydrogen-bond acceptors (Lipinski definition) is 2. The largest absolute Gasteiger partial charge is 0.351 e. The summed E-state index contributed by atoms with van der Waals surface area (Å²) in [6.07, 6.45) is 13.0. The minimum atomic E-state index is 0.00422. The van der Waals surface area contributed by atoms with Gasteiger partial charge in [-0.15, -0.1) is 0 Å². The van der Waals surface area contributed by atoms with Crippen molar-refractivity contribution >= 4 is 38.9 Å². The molecule has 0 amide bonds. The van der Waals surface area contributed by atoms with Crippen molar-refractivity contribution in [3.05, 3.63) is 82.9 Å². The van der Waals surface area contributed by atoms with Crippen LogP contribution >= 0.6 is 28.1 Å². The van der Waals surface area contributed by atoms with Crippen LogP contribution in [0.25, 0.3) is 0 Å². The predicted octanol–water partition coefficient (Wildman–Crippen LogP) is 6.33. The quantitative estimate of drug-likeness (QED) is 0.442. The lowest BCUT2D eigenvalue weighted by atomic mass is 9.95. The van der Waals surface area contributed by atoms with E-state index < -0.39 is 0 Å². The Morgan fingerprint density at radius 2 is 1.80 bits per heavy atom. The summed E-state index contributed by atoms with van der Waals surface area (Å²) in [6, 6.07) is 17.4. The smallest absolute Gasteiger partial charge is 0.174 e. The molecule has 2 aromatic heterocycles. The number of nitrogens with zero attached hydrogens (tertiary/aromatic N) is 3. The zero-order valence-electron chi connectivity index (χ0n) is 16.7. The molecule has 0 radical (unpaired) electrons. The number of hydrogen-bond donors (Lipinski definition) is 1. The van der Waals surface area contributed by atoms with Crippen LogP contribution in [0.1, 0.15) is 61.5 Å². The SMILES string of the molecule is S=C1N[C@H](c2ccccn2)[C@H](c2ccn(C3CCCCC3)c2)N1c1ccc(Br)cc1. The first kappa shape index (κ1) is 19.8. The van der Waals surface area contributed by atoms with Gasteiger partial charge in [0.25, 0.3) is 0 Å². The fourth-order valence-electron chi connectivity index (χ4n) is 4.79. The summed E-state index contributed by atoms with van der Waals surface area (Å²) in [5.41, 5.74) is 3.37. The van der Waals surface area contributed by atoms with E-state index in [-0.39, 0.29) is 12.1 Å². The van der Waals surface area contributed by atoms with Crippen molar-refractivity contribution in [2.24, 2.45) is 0 Å². The van der Waals surface area contributed by atoms with Crippen LogP contribution in [0.2, 0.25) is 0 Å². The average Bonchev–Trinajstić information content (AvgIpc) is 3.40. The van der Waals surface area contributed by atoms with E-state index in [1.54, 1.807) is 0 Å². The van der Waals surface area contributed by atoms with Gasteiger partial charge in [0.1, 0.15) is 0 Å². The van der Waals surface area contributed by atoms with Crippen molar-refractivity contribution in [2.75, 3.05) is 4.90 Å². The summed E-state index contributed by atoms with van der Waals surface area (Å²) in [5.74, 6) is 0. The first-order chi connectivity index (χ1) is 14.7. The highest BCUT2D eigenvalue weighted by Gasteiger charge is 2.41. The van der Waals surface area contributed by atoms with E-state index in [4.69, 9.17) is 12.2 Å². The molecule has 1 N–H and O–H groups in total. The third-order valence-electron chi connectivity index (χ3n) is 6.28. The van der Waals surface area contributed by atoms with Crippen molar-refractivity contribution in [3.8, 4) is 0 Å². The number of halogens is 1. The van der Waals surface area contributed by atoms with E-state index in [9.17, 15) is 0 Å². The maximum absolute atomic E-state index is 5.81. The van der Waals surface area contributed by atoms with E-state index in [2.05, 4.69) is 84.5 Å². The van der Waals surface area contributed by atoms with Crippen LogP contribution in [-0.4, -0.2) is 14.7 Å². The molecule has 2 aliphatic rings. The molecule has 1 saturated heterocycles. The first-order valence-electron chi connectivity index (χ1n) is 10.6. The molecule has 154 valence electrons. The van der Waals surface area contributed by atoms with Crippen molar-refractivity contribution in [3.63, 3.8) is 0 Å². The highest BCUT2D eigenvalue weighted by Crippen LogP contribution is 2.42. The standard InChI is InChI=1S/C24H25BrN4S/c25-18-9-11-20(12-10-18)29-23(22(27-24(29)30)21-8-4-5-14-26-21)17-13-15-28(16-17)19-6-2-1-3-7-19/h4-5,8-16,19,22-23H,1-3,6-7H2,(H,27,30)/t22-,23+/m1/s1. The minimum Gasteiger partial charge on any atom is -0.351 e. The van der Waals surface area contributed by atoms with Crippen LogP contribution < -0.4 is 10.2 Å². The second-order valence-corrected chi connectivity index (χ2v) is 9.46. The van der Waals surface area contributed by atoms with E-state index in [1.165, 1.54) is 37.7 Å². The Bertz CT molecular complexity index is 1010. The van der Waals surface area contributed by atoms with Crippen molar-refractivity contribution < 1.29 is 0 Å². The van der Waals surface area contributed by atoms with Gasteiger partial charge in [0, 0.05) is 34.8 Å². The highest BCUT2D eigenvalue weighted by atomic mass is 79.9. The van der Waals surface area contributed by atoms with Gasteiger partial charge in [-0.1, -0.05) is 41.3 Å². The van der Waals surface area contributed by atoms with Crippen LogP contribution in [0.5, 0.6) is 0 Å². The van der Waals surface area contributed by atoms with E-state index in [1.807, 2.05) is 18.3 Å². The van der Waals surface area contributed by atoms with E-state index in [0.717, 1.165) is 21.0 Å². The predicted molar refractivity (Wildman–Crippen MR) is 129 cm³/mol. The molecule has 0 bridgehead atoms. The van der Waals surface area contributed by atoms with Gasteiger partial charge in [-0.2, -0.15) is 0 Å². The Labute approximate surface area is 191 Å². The topological polar surface area (TPSA) is 33.1 Å². The van der Waals surface area contributed by atoms with Gasteiger partial charge in [-0.05, 0) is 73.1 Å². The molecule has 0 spiro atoms. The number of thiocarbonyl (C=S) groups is 1. The average molecular weight is 481 g/mol. The molecule has 3 heterocycles. The summed E-state index contributed by atoms with van der Waals surface area (Å²) in [6.45, 7) is 0. The van der Waals surface area contributed by atoms with Crippen molar-refractivity contribution in [1.82, 2.24) is 14.9 Å². The van der Waals surface area contributed by atoms with Gasteiger partial charge >= 0.3 is 0 Å². The summed E-state index contributed by atoms with van der Waals surface area (Å²) in [4.78, 5) is 6.88.